The summed E-state index contributed by atoms with van der Waals surface area (Å²) >= 11 is 0. The second-order valence-electron chi connectivity index (χ2n) is 6.74. The van der Waals surface area contributed by atoms with Gasteiger partial charge in [-0.05, 0) is 12.5 Å². The van der Waals surface area contributed by atoms with Gasteiger partial charge in [0.05, 0.1) is 30.5 Å². The highest BCUT2D eigenvalue weighted by molar-refractivity contribution is 6.01. The lowest BCUT2D eigenvalue weighted by molar-refractivity contribution is 0.0920. The summed E-state index contributed by atoms with van der Waals surface area (Å²) in [5, 5.41) is 13.7. The van der Waals surface area contributed by atoms with Crippen LogP contribution < -0.4 is 11.1 Å². The van der Waals surface area contributed by atoms with E-state index in [1.54, 1.807) is 0 Å². The molecule has 2 atom stereocenters. The monoisotopic (exact) mass is 367 g/mol. The molecular weight excluding hydrogens is 346 g/mol. The zero-order chi connectivity index (χ0) is 18.8. The van der Waals surface area contributed by atoms with E-state index in [4.69, 9.17) is 15.0 Å². The van der Waals surface area contributed by atoms with Crippen LogP contribution in [-0.4, -0.2) is 40.5 Å². The SMILES string of the molecule is Cc1cc(C[C@@H]2COC[C@@H]2NC(=O)c2[nH]nc(N)c2-c2ccccc2)on1. The van der Waals surface area contributed by atoms with Crippen molar-refractivity contribution in [2.45, 2.75) is 19.4 Å². The number of carbonyl (C=O) groups excluding carboxylic acids is 1. The van der Waals surface area contributed by atoms with Crippen LogP contribution in [0, 0.1) is 12.8 Å². The Morgan fingerprint density at radius 2 is 2.15 bits per heavy atom. The Morgan fingerprint density at radius 3 is 2.89 bits per heavy atom. The van der Waals surface area contributed by atoms with Gasteiger partial charge in [0.15, 0.2) is 5.82 Å². The molecule has 8 nitrogen and oxygen atoms in total. The number of nitrogens with one attached hydrogen (secondary N) is 2. The topological polar surface area (TPSA) is 119 Å². The zero-order valence-corrected chi connectivity index (χ0v) is 14.9. The summed E-state index contributed by atoms with van der Waals surface area (Å²) in [5.41, 5.74) is 8.61. The Kier molecular flexibility index (Phi) is 4.64. The lowest BCUT2D eigenvalue weighted by Crippen LogP contribution is -2.41. The first-order chi connectivity index (χ1) is 13.1. The average molecular weight is 367 g/mol. The summed E-state index contributed by atoms with van der Waals surface area (Å²) in [5.74, 6) is 0.940. The first-order valence-electron chi connectivity index (χ1n) is 8.82. The number of nitrogen functional groups attached to an aromatic ring is 1. The van der Waals surface area contributed by atoms with Crippen LogP contribution in [-0.2, 0) is 11.2 Å². The van der Waals surface area contributed by atoms with E-state index >= 15 is 0 Å². The number of benzene rings is 1. The van der Waals surface area contributed by atoms with Crippen LogP contribution >= 0.6 is 0 Å². The molecule has 1 saturated heterocycles. The molecule has 1 fully saturated rings. The van der Waals surface area contributed by atoms with Crippen LogP contribution in [0.4, 0.5) is 5.82 Å². The van der Waals surface area contributed by atoms with Gasteiger partial charge in [0, 0.05) is 18.4 Å². The molecule has 4 N–H and O–H groups in total. The fourth-order valence-electron chi connectivity index (χ4n) is 3.39. The fraction of sp³-hybridized carbons (Fsp3) is 0.316. The number of H-pyrrole nitrogens is 1. The Balaban J connectivity index is 1.51. The number of nitrogens with zero attached hydrogens (tertiary/aromatic N) is 2. The Labute approximate surface area is 156 Å². The van der Waals surface area contributed by atoms with E-state index in [9.17, 15) is 4.79 Å². The average Bonchev–Trinajstić information content (AvgIpc) is 3.37. The Hall–Kier alpha value is -3.13. The molecule has 0 radical (unpaired) electrons. The van der Waals surface area contributed by atoms with Gasteiger partial charge in [-0.1, -0.05) is 35.5 Å². The largest absolute Gasteiger partial charge is 0.382 e. The van der Waals surface area contributed by atoms with Crippen molar-refractivity contribution in [3.05, 3.63) is 53.5 Å². The van der Waals surface area contributed by atoms with Gasteiger partial charge in [0.25, 0.3) is 5.91 Å². The van der Waals surface area contributed by atoms with Crippen LogP contribution in [0.5, 0.6) is 0 Å². The van der Waals surface area contributed by atoms with Crippen LogP contribution in [0.2, 0.25) is 0 Å². The molecule has 0 bridgehead atoms. The highest BCUT2D eigenvalue weighted by Crippen LogP contribution is 2.28. The normalized spacial score (nSPS) is 19.3. The highest BCUT2D eigenvalue weighted by Gasteiger charge is 2.32. The third-order valence-corrected chi connectivity index (χ3v) is 4.74. The summed E-state index contributed by atoms with van der Waals surface area (Å²) in [6, 6.07) is 11.3. The van der Waals surface area contributed by atoms with Gasteiger partial charge in [0.2, 0.25) is 0 Å². The van der Waals surface area contributed by atoms with Gasteiger partial charge in [-0.15, -0.1) is 0 Å². The third-order valence-electron chi connectivity index (χ3n) is 4.74. The molecule has 1 aliphatic rings. The number of carbonyl (C=O) groups is 1. The van der Waals surface area contributed by atoms with Crippen LogP contribution in [0.25, 0.3) is 11.1 Å². The molecule has 4 rings (SSSR count). The molecule has 1 amide bonds. The molecule has 3 aromatic rings. The number of amides is 1. The van der Waals surface area contributed by atoms with Gasteiger partial charge < -0.3 is 20.3 Å². The van der Waals surface area contributed by atoms with Crippen LogP contribution in [0.1, 0.15) is 21.9 Å². The van der Waals surface area contributed by atoms with E-state index in [1.807, 2.05) is 43.3 Å². The molecule has 0 spiro atoms. The summed E-state index contributed by atoms with van der Waals surface area (Å²) in [7, 11) is 0. The third kappa shape index (κ3) is 3.56. The van der Waals surface area contributed by atoms with E-state index in [0.29, 0.717) is 36.7 Å². The van der Waals surface area contributed by atoms with Crippen molar-refractivity contribution in [2.24, 2.45) is 5.92 Å². The number of rotatable bonds is 5. The Morgan fingerprint density at radius 1 is 1.33 bits per heavy atom. The maximum atomic E-state index is 12.9. The van der Waals surface area contributed by atoms with Crippen molar-refractivity contribution in [3.8, 4) is 11.1 Å². The molecule has 2 aromatic heterocycles. The van der Waals surface area contributed by atoms with Crippen molar-refractivity contribution in [1.82, 2.24) is 20.7 Å². The first kappa shape index (κ1) is 17.3. The maximum Gasteiger partial charge on any atom is 0.270 e. The number of hydrogen-bond donors (Lipinski definition) is 3. The van der Waals surface area contributed by atoms with Crippen molar-refractivity contribution < 1.29 is 14.1 Å². The second-order valence-corrected chi connectivity index (χ2v) is 6.74. The number of aryl methyl sites for hydroxylation is 1. The summed E-state index contributed by atoms with van der Waals surface area (Å²) in [6.07, 6.45) is 0.655. The summed E-state index contributed by atoms with van der Waals surface area (Å²) in [6.45, 7) is 2.89. The lowest BCUT2D eigenvalue weighted by atomic mass is 9.97. The molecule has 0 saturated carbocycles. The quantitative estimate of drug-likeness (QED) is 0.634. The van der Waals surface area contributed by atoms with Gasteiger partial charge in [-0.25, -0.2) is 0 Å². The van der Waals surface area contributed by atoms with Gasteiger partial charge in [-0.3, -0.25) is 9.89 Å². The predicted octanol–water partition coefficient (Wildman–Crippen LogP) is 1.94. The molecule has 140 valence electrons. The van der Waals surface area contributed by atoms with Crippen molar-refractivity contribution in [1.29, 1.82) is 0 Å². The molecular formula is C19H21N5O3. The molecule has 1 aliphatic heterocycles. The minimum Gasteiger partial charge on any atom is -0.382 e. The number of nitrogens with two attached hydrogens (primary N) is 1. The summed E-state index contributed by atoms with van der Waals surface area (Å²) in [4.78, 5) is 12.9. The van der Waals surface area contributed by atoms with E-state index in [-0.39, 0.29) is 17.9 Å². The second kappa shape index (κ2) is 7.24. The predicted molar refractivity (Wildman–Crippen MR) is 98.9 cm³/mol. The fourth-order valence-corrected chi connectivity index (χ4v) is 3.39. The summed E-state index contributed by atoms with van der Waals surface area (Å²) < 4.78 is 10.9. The molecule has 27 heavy (non-hydrogen) atoms. The smallest absolute Gasteiger partial charge is 0.270 e. The maximum absolute atomic E-state index is 12.9. The first-order valence-corrected chi connectivity index (χ1v) is 8.82. The van der Waals surface area contributed by atoms with Crippen molar-refractivity contribution in [3.63, 3.8) is 0 Å². The minimum absolute atomic E-state index is 0.113. The number of hydrogen-bond acceptors (Lipinski definition) is 6. The molecule has 3 heterocycles. The van der Waals surface area contributed by atoms with Gasteiger partial charge in [0.1, 0.15) is 11.5 Å². The molecule has 0 aliphatic carbocycles. The molecule has 1 aromatic carbocycles. The van der Waals surface area contributed by atoms with E-state index in [1.165, 1.54) is 0 Å². The number of aromatic amines is 1. The zero-order valence-electron chi connectivity index (χ0n) is 14.9. The van der Waals surface area contributed by atoms with Crippen LogP contribution in [0.3, 0.4) is 0 Å². The van der Waals surface area contributed by atoms with E-state index < -0.39 is 0 Å². The van der Waals surface area contributed by atoms with Crippen molar-refractivity contribution in [2.75, 3.05) is 18.9 Å². The molecule has 8 heteroatoms. The Bertz CT molecular complexity index is 934. The van der Waals surface area contributed by atoms with Gasteiger partial charge >= 0.3 is 0 Å². The number of aromatic nitrogens is 3. The highest BCUT2D eigenvalue weighted by atomic mass is 16.5. The number of ether oxygens (including phenoxy) is 1. The standard InChI is InChI=1S/C19H21N5O3/c1-11-7-14(27-24-11)8-13-9-26-10-15(13)21-19(25)17-16(18(20)23-22-17)12-5-3-2-4-6-12/h2-7,13,15H,8-10H2,1H3,(H,21,25)(H3,20,22,23)/t13-,15+/m1/s1. The lowest BCUT2D eigenvalue weighted by Gasteiger charge is -2.18. The van der Waals surface area contributed by atoms with Crippen LogP contribution in [0.15, 0.2) is 40.9 Å². The van der Waals surface area contributed by atoms with E-state index in [2.05, 4.69) is 20.7 Å². The molecule has 0 unspecified atom stereocenters. The van der Waals surface area contributed by atoms with Gasteiger partial charge in [-0.2, -0.15) is 5.10 Å². The minimum atomic E-state index is -0.257. The number of anilines is 1. The van der Waals surface area contributed by atoms with Crippen molar-refractivity contribution >= 4 is 11.7 Å². The van der Waals surface area contributed by atoms with E-state index in [0.717, 1.165) is 17.0 Å².